The highest BCUT2D eigenvalue weighted by molar-refractivity contribution is 5.80. The lowest BCUT2D eigenvalue weighted by atomic mass is 10.1. The molecule has 5 heteroatoms. The number of carbonyl (C=O) groups is 1. The molecular formula is C14H16N4O. The summed E-state index contributed by atoms with van der Waals surface area (Å²) in [4.78, 5) is 19.8. The van der Waals surface area contributed by atoms with Crippen LogP contribution in [-0.4, -0.2) is 15.9 Å². The van der Waals surface area contributed by atoms with Crippen molar-refractivity contribution >= 4 is 11.6 Å². The Balaban J connectivity index is 1.91. The number of aromatic nitrogens is 2. The summed E-state index contributed by atoms with van der Waals surface area (Å²) >= 11 is 0. The van der Waals surface area contributed by atoms with Crippen molar-refractivity contribution in [2.45, 2.75) is 19.9 Å². The number of nitrogens with one attached hydrogen (secondary N) is 1. The second kappa shape index (κ2) is 5.95. The Bertz CT molecular complexity index is 569. The van der Waals surface area contributed by atoms with Crippen LogP contribution >= 0.6 is 0 Å². The Hall–Kier alpha value is -2.43. The number of nitrogen functional groups attached to an aromatic ring is 1. The summed E-state index contributed by atoms with van der Waals surface area (Å²) in [5, 5.41) is 2.79. The molecule has 0 saturated carbocycles. The predicted octanol–water partition coefficient (Wildman–Crippen LogP) is 1.23. The zero-order chi connectivity index (χ0) is 13.7. The van der Waals surface area contributed by atoms with Crippen LogP contribution in [0.3, 0.4) is 0 Å². The maximum Gasteiger partial charge on any atom is 0.224 e. The number of hydrogen-bond acceptors (Lipinski definition) is 4. The van der Waals surface area contributed by atoms with E-state index in [-0.39, 0.29) is 12.3 Å². The fourth-order valence-corrected chi connectivity index (χ4v) is 1.72. The summed E-state index contributed by atoms with van der Waals surface area (Å²) < 4.78 is 0. The second-order valence-electron chi connectivity index (χ2n) is 4.35. The third-order valence-corrected chi connectivity index (χ3v) is 2.74. The first-order valence-electron chi connectivity index (χ1n) is 6.02. The number of benzene rings is 1. The van der Waals surface area contributed by atoms with Crippen LogP contribution < -0.4 is 11.1 Å². The van der Waals surface area contributed by atoms with Gasteiger partial charge in [0.25, 0.3) is 0 Å². The Morgan fingerprint density at radius 2 is 2.21 bits per heavy atom. The van der Waals surface area contributed by atoms with Gasteiger partial charge in [0.05, 0.1) is 24.9 Å². The van der Waals surface area contributed by atoms with Gasteiger partial charge in [-0.3, -0.25) is 14.8 Å². The van der Waals surface area contributed by atoms with Gasteiger partial charge in [0.2, 0.25) is 5.91 Å². The number of nitrogens with two attached hydrogens (primary N) is 1. The van der Waals surface area contributed by atoms with Gasteiger partial charge in [-0.15, -0.1) is 0 Å². The van der Waals surface area contributed by atoms with E-state index in [2.05, 4.69) is 15.3 Å². The molecule has 5 nitrogen and oxygen atoms in total. The molecule has 2 aromatic rings. The molecular weight excluding hydrogens is 240 g/mol. The number of anilines is 1. The summed E-state index contributed by atoms with van der Waals surface area (Å²) in [6, 6.07) is 5.69. The standard InChI is InChI=1S/C14H16N4O/c1-10-2-3-11(13(15)6-10)7-14(19)18-9-12-8-16-4-5-17-12/h2-6,8H,7,9,15H2,1H3,(H,18,19). The lowest BCUT2D eigenvalue weighted by molar-refractivity contribution is -0.120. The first kappa shape index (κ1) is 13.0. The fraction of sp³-hybridized carbons (Fsp3) is 0.214. The van der Waals surface area contributed by atoms with E-state index in [1.165, 1.54) is 0 Å². The number of carbonyl (C=O) groups excluding carboxylic acids is 1. The summed E-state index contributed by atoms with van der Waals surface area (Å²) in [6.45, 7) is 2.34. The molecule has 0 unspecified atom stereocenters. The summed E-state index contributed by atoms with van der Waals surface area (Å²) in [5.41, 5.74) is 9.17. The van der Waals surface area contributed by atoms with Crippen LogP contribution in [0.1, 0.15) is 16.8 Å². The maximum absolute atomic E-state index is 11.8. The molecule has 1 aromatic carbocycles. The van der Waals surface area contributed by atoms with Crippen molar-refractivity contribution in [3.8, 4) is 0 Å². The van der Waals surface area contributed by atoms with E-state index in [4.69, 9.17) is 5.73 Å². The fourth-order valence-electron chi connectivity index (χ4n) is 1.72. The molecule has 0 spiro atoms. The molecule has 3 N–H and O–H groups in total. The first-order valence-corrected chi connectivity index (χ1v) is 6.02. The van der Waals surface area contributed by atoms with Crippen LogP contribution in [0.4, 0.5) is 5.69 Å². The SMILES string of the molecule is Cc1ccc(CC(=O)NCc2cnccn2)c(N)c1. The molecule has 1 heterocycles. The topological polar surface area (TPSA) is 80.9 Å². The molecule has 0 aliphatic carbocycles. The van der Waals surface area contributed by atoms with Gasteiger partial charge in [0.15, 0.2) is 0 Å². The van der Waals surface area contributed by atoms with E-state index in [0.717, 1.165) is 16.8 Å². The average molecular weight is 256 g/mol. The molecule has 19 heavy (non-hydrogen) atoms. The molecule has 2 rings (SSSR count). The van der Waals surface area contributed by atoms with Crippen LogP contribution in [-0.2, 0) is 17.8 Å². The van der Waals surface area contributed by atoms with E-state index in [0.29, 0.717) is 12.2 Å². The average Bonchev–Trinajstić information content (AvgIpc) is 2.41. The summed E-state index contributed by atoms with van der Waals surface area (Å²) in [6.07, 6.45) is 5.09. The lowest BCUT2D eigenvalue weighted by Gasteiger charge is -2.07. The molecule has 1 aromatic heterocycles. The highest BCUT2D eigenvalue weighted by Gasteiger charge is 2.06. The van der Waals surface area contributed by atoms with Gasteiger partial charge >= 0.3 is 0 Å². The van der Waals surface area contributed by atoms with Gasteiger partial charge in [0.1, 0.15) is 0 Å². The Morgan fingerprint density at radius 1 is 1.37 bits per heavy atom. The molecule has 0 saturated heterocycles. The van der Waals surface area contributed by atoms with Crippen molar-refractivity contribution in [1.82, 2.24) is 15.3 Å². The number of hydrogen-bond donors (Lipinski definition) is 2. The third kappa shape index (κ3) is 3.77. The third-order valence-electron chi connectivity index (χ3n) is 2.74. The van der Waals surface area contributed by atoms with Crippen LogP contribution in [0.15, 0.2) is 36.8 Å². The van der Waals surface area contributed by atoms with Crippen molar-refractivity contribution in [2.24, 2.45) is 0 Å². The van der Waals surface area contributed by atoms with Gasteiger partial charge in [-0.05, 0) is 24.1 Å². The van der Waals surface area contributed by atoms with Crippen LogP contribution in [0, 0.1) is 6.92 Å². The molecule has 0 atom stereocenters. The Kier molecular flexibility index (Phi) is 4.07. The van der Waals surface area contributed by atoms with E-state index in [1.807, 2.05) is 25.1 Å². The summed E-state index contributed by atoms with van der Waals surface area (Å²) in [5.74, 6) is -0.0822. The first-order chi connectivity index (χ1) is 9.15. The largest absolute Gasteiger partial charge is 0.398 e. The highest BCUT2D eigenvalue weighted by Crippen LogP contribution is 2.14. The molecule has 98 valence electrons. The van der Waals surface area contributed by atoms with Crippen molar-refractivity contribution in [1.29, 1.82) is 0 Å². The summed E-state index contributed by atoms with van der Waals surface area (Å²) in [7, 11) is 0. The van der Waals surface area contributed by atoms with E-state index < -0.39 is 0 Å². The Morgan fingerprint density at radius 3 is 2.89 bits per heavy atom. The van der Waals surface area contributed by atoms with Crippen LogP contribution in [0.5, 0.6) is 0 Å². The van der Waals surface area contributed by atoms with E-state index >= 15 is 0 Å². The van der Waals surface area contributed by atoms with Crippen LogP contribution in [0.2, 0.25) is 0 Å². The van der Waals surface area contributed by atoms with Crippen molar-refractivity contribution in [2.75, 3.05) is 5.73 Å². The van der Waals surface area contributed by atoms with E-state index in [1.54, 1.807) is 18.6 Å². The van der Waals surface area contributed by atoms with Crippen molar-refractivity contribution in [3.63, 3.8) is 0 Å². The minimum absolute atomic E-state index is 0.0822. The number of aryl methyl sites for hydroxylation is 1. The zero-order valence-electron chi connectivity index (χ0n) is 10.8. The van der Waals surface area contributed by atoms with Gasteiger partial charge in [-0.2, -0.15) is 0 Å². The number of amides is 1. The lowest BCUT2D eigenvalue weighted by Crippen LogP contribution is -2.25. The minimum atomic E-state index is -0.0822. The van der Waals surface area contributed by atoms with E-state index in [9.17, 15) is 4.79 Å². The monoisotopic (exact) mass is 256 g/mol. The van der Waals surface area contributed by atoms with Gasteiger partial charge < -0.3 is 11.1 Å². The molecule has 0 fully saturated rings. The number of rotatable bonds is 4. The predicted molar refractivity (Wildman–Crippen MR) is 73.2 cm³/mol. The van der Waals surface area contributed by atoms with Crippen LogP contribution in [0.25, 0.3) is 0 Å². The normalized spacial score (nSPS) is 10.2. The molecule has 1 amide bonds. The smallest absolute Gasteiger partial charge is 0.224 e. The number of nitrogens with zero attached hydrogens (tertiary/aromatic N) is 2. The van der Waals surface area contributed by atoms with Gasteiger partial charge in [0, 0.05) is 18.1 Å². The van der Waals surface area contributed by atoms with Crippen molar-refractivity contribution < 1.29 is 4.79 Å². The van der Waals surface area contributed by atoms with Gasteiger partial charge in [-0.25, -0.2) is 0 Å². The van der Waals surface area contributed by atoms with Crippen molar-refractivity contribution in [3.05, 3.63) is 53.6 Å². The second-order valence-corrected chi connectivity index (χ2v) is 4.35. The minimum Gasteiger partial charge on any atom is -0.398 e. The Labute approximate surface area is 111 Å². The molecule has 0 aliphatic heterocycles. The zero-order valence-corrected chi connectivity index (χ0v) is 10.8. The highest BCUT2D eigenvalue weighted by atomic mass is 16.1. The molecule has 0 radical (unpaired) electrons. The quantitative estimate of drug-likeness (QED) is 0.806. The molecule has 0 aliphatic rings. The maximum atomic E-state index is 11.8. The van der Waals surface area contributed by atoms with Gasteiger partial charge in [-0.1, -0.05) is 12.1 Å². The molecule has 0 bridgehead atoms.